The van der Waals surface area contributed by atoms with Crippen LogP contribution in [0.15, 0.2) is 16.8 Å². The fourth-order valence-electron chi connectivity index (χ4n) is 2.53. The van der Waals surface area contributed by atoms with Crippen LogP contribution in [-0.4, -0.2) is 18.8 Å². The van der Waals surface area contributed by atoms with Crippen molar-refractivity contribution in [3.8, 4) is 0 Å². The second kappa shape index (κ2) is 6.53. The molecule has 17 heavy (non-hydrogen) atoms. The van der Waals surface area contributed by atoms with Crippen molar-refractivity contribution in [1.82, 2.24) is 5.32 Å². The smallest absolute Gasteiger partial charge is 0.0589 e. The average Bonchev–Trinajstić information content (AvgIpc) is 2.83. The number of hydrogen-bond donors (Lipinski definition) is 1. The monoisotopic (exact) mass is 253 g/mol. The molecule has 0 bridgehead atoms. The molecule has 0 radical (unpaired) electrons. The van der Waals surface area contributed by atoms with Gasteiger partial charge in [0, 0.05) is 18.7 Å². The highest BCUT2D eigenvalue weighted by atomic mass is 32.1. The van der Waals surface area contributed by atoms with E-state index in [1.165, 1.54) is 24.8 Å². The summed E-state index contributed by atoms with van der Waals surface area (Å²) in [6, 6.07) is 3.30. The molecule has 1 fully saturated rings. The van der Waals surface area contributed by atoms with Gasteiger partial charge < -0.3 is 10.1 Å². The van der Waals surface area contributed by atoms with Crippen LogP contribution >= 0.6 is 11.3 Å². The Hall–Kier alpha value is -0.380. The van der Waals surface area contributed by atoms with Crippen molar-refractivity contribution in [1.29, 1.82) is 0 Å². The van der Waals surface area contributed by atoms with Gasteiger partial charge in [0.1, 0.15) is 0 Å². The fraction of sp³-hybridized carbons (Fsp3) is 0.714. The third-order valence-electron chi connectivity index (χ3n) is 3.51. The normalized spacial score (nSPS) is 26.9. The number of ether oxygens (including phenoxy) is 1. The molecule has 1 aliphatic heterocycles. The van der Waals surface area contributed by atoms with Gasteiger partial charge in [-0.25, -0.2) is 0 Å². The van der Waals surface area contributed by atoms with Crippen LogP contribution in [-0.2, 0) is 4.74 Å². The number of thiophene rings is 1. The second-order valence-electron chi connectivity index (χ2n) is 4.95. The summed E-state index contributed by atoms with van der Waals surface area (Å²) in [5.41, 5.74) is 1.41. The van der Waals surface area contributed by atoms with Crippen molar-refractivity contribution in [2.75, 3.05) is 6.61 Å². The van der Waals surface area contributed by atoms with Gasteiger partial charge in [-0.05, 0) is 48.6 Å². The van der Waals surface area contributed by atoms with E-state index in [9.17, 15) is 0 Å². The van der Waals surface area contributed by atoms with E-state index < -0.39 is 0 Å². The second-order valence-corrected chi connectivity index (χ2v) is 5.73. The summed E-state index contributed by atoms with van der Waals surface area (Å²) in [6.07, 6.45) is 5.21. The Balaban J connectivity index is 1.82. The summed E-state index contributed by atoms with van der Waals surface area (Å²) in [7, 11) is 0. The molecule has 1 N–H and O–H groups in total. The highest BCUT2D eigenvalue weighted by Crippen LogP contribution is 2.22. The summed E-state index contributed by atoms with van der Waals surface area (Å²) < 4.78 is 5.78. The van der Waals surface area contributed by atoms with Crippen LogP contribution in [0.5, 0.6) is 0 Å². The predicted molar refractivity (Wildman–Crippen MR) is 73.5 cm³/mol. The molecule has 0 aromatic carbocycles. The lowest BCUT2D eigenvalue weighted by atomic mass is 9.99. The molecule has 1 aliphatic rings. The number of hydrogen-bond acceptors (Lipinski definition) is 3. The average molecular weight is 253 g/mol. The first-order chi connectivity index (χ1) is 8.29. The summed E-state index contributed by atoms with van der Waals surface area (Å²) in [6.45, 7) is 5.40. The molecule has 3 unspecified atom stereocenters. The Kier molecular flexibility index (Phi) is 5.01. The SMILES string of the molecule is CCCC1CC(NC(C)c2ccsc2)CCO1. The van der Waals surface area contributed by atoms with Crippen molar-refractivity contribution in [3.63, 3.8) is 0 Å². The standard InChI is InChI=1S/C14H23NOS/c1-3-4-14-9-13(5-7-16-14)15-11(2)12-6-8-17-10-12/h6,8,10-11,13-15H,3-5,7,9H2,1-2H3. The molecule has 1 aromatic heterocycles. The van der Waals surface area contributed by atoms with E-state index in [1.807, 2.05) is 0 Å². The van der Waals surface area contributed by atoms with E-state index in [4.69, 9.17) is 4.74 Å². The minimum absolute atomic E-state index is 0.464. The molecule has 2 rings (SSSR count). The zero-order valence-electron chi connectivity index (χ0n) is 10.8. The van der Waals surface area contributed by atoms with Crippen molar-refractivity contribution < 1.29 is 4.74 Å². The molecule has 3 atom stereocenters. The number of rotatable bonds is 5. The largest absolute Gasteiger partial charge is 0.378 e. The quantitative estimate of drug-likeness (QED) is 0.863. The molecule has 1 aromatic rings. The maximum atomic E-state index is 5.78. The molecule has 3 heteroatoms. The molecule has 0 saturated carbocycles. The van der Waals surface area contributed by atoms with Gasteiger partial charge in [0.15, 0.2) is 0 Å². The van der Waals surface area contributed by atoms with Crippen LogP contribution in [0.4, 0.5) is 0 Å². The lowest BCUT2D eigenvalue weighted by molar-refractivity contribution is -0.00471. The Bertz CT molecular complexity index is 310. The van der Waals surface area contributed by atoms with Crippen molar-refractivity contribution in [2.24, 2.45) is 0 Å². The van der Waals surface area contributed by atoms with Crippen molar-refractivity contribution in [3.05, 3.63) is 22.4 Å². The first kappa shape index (κ1) is 13.1. The van der Waals surface area contributed by atoms with E-state index in [0.29, 0.717) is 18.2 Å². The minimum Gasteiger partial charge on any atom is -0.378 e. The summed E-state index contributed by atoms with van der Waals surface area (Å²) >= 11 is 1.77. The Morgan fingerprint density at radius 3 is 3.18 bits per heavy atom. The minimum atomic E-state index is 0.464. The van der Waals surface area contributed by atoms with E-state index >= 15 is 0 Å². The Morgan fingerprint density at radius 1 is 1.59 bits per heavy atom. The van der Waals surface area contributed by atoms with E-state index in [-0.39, 0.29) is 0 Å². The maximum absolute atomic E-state index is 5.78. The molecule has 0 spiro atoms. The molecule has 0 aliphatic carbocycles. The van der Waals surface area contributed by atoms with E-state index in [2.05, 4.69) is 36.0 Å². The van der Waals surface area contributed by atoms with Gasteiger partial charge in [0.2, 0.25) is 0 Å². The van der Waals surface area contributed by atoms with Gasteiger partial charge in [-0.2, -0.15) is 11.3 Å². The van der Waals surface area contributed by atoms with Gasteiger partial charge in [-0.3, -0.25) is 0 Å². The number of nitrogens with one attached hydrogen (secondary N) is 1. The molecule has 1 saturated heterocycles. The van der Waals surface area contributed by atoms with Crippen LogP contribution in [0.25, 0.3) is 0 Å². The topological polar surface area (TPSA) is 21.3 Å². The molecule has 2 heterocycles. The summed E-state index contributed by atoms with van der Waals surface area (Å²) in [5, 5.41) is 8.12. The van der Waals surface area contributed by atoms with E-state index in [0.717, 1.165) is 13.0 Å². The van der Waals surface area contributed by atoms with Crippen molar-refractivity contribution in [2.45, 2.75) is 57.7 Å². The zero-order chi connectivity index (χ0) is 12.1. The highest BCUT2D eigenvalue weighted by Gasteiger charge is 2.23. The molecule has 0 amide bonds. The van der Waals surface area contributed by atoms with Gasteiger partial charge in [-0.15, -0.1) is 0 Å². The fourth-order valence-corrected chi connectivity index (χ4v) is 3.28. The first-order valence-electron chi connectivity index (χ1n) is 6.69. The van der Waals surface area contributed by atoms with E-state index in [1.54, 1.807) is 11.3 Å². The van der Waals surface area contributed by atoms with Crippen LogP contribution in [0.3, 0.4) is 0 Å². The maximum Gasteiger partial charge on any atom is 0.0589 e. The molecule has 2 nitrogen and oxygen atoms in total. The lowest BCUT2D eigenvalue weighted by Crippen LogP contribution is -2.40. The predicted octanol–water partition coefficient (Wildman–Crippen LogP) is 3.75. The molecular formula is C14H23NOS. The molecular weight excluding hydrogens is 230 g/mol. The van der Waals surface area contributed by atoms with Crippen molar-refractivity contribution >= 4 is 11.3 Å². The van der Waals surface area contributed by atoms with Gasteiger partial charge in [-0.1, -0.05) is 13.3 Å². The zero-order valence-corrected chi connectivity index (χ0v) is 11.6. The third kappa shape index (κ3) is 3.80. The Morgan fingerprint density at radius 2 is 2.47 bits per heavy atom. The highest BCUT2D eigenvalue weighted by molar-refractivity contribution is 7.07. The first-order valence-corrected chi connectivity index (χ1v) is 7.63. The van der Waals surface area contributed by atoms with Gasteiger partial charge >= 0.3 is 0 Å². The van der Waals surface area contributed by atoms with Crippen LogP contribution in [0.2, 0.25) is 0 Å². The van der Waals surface area contributed by atoms with Gasteiger partial charge in [0.25, 0.3) is 0 Å². The summed E-state index contributed by atoms with van der Waals surface area (Å²) in [4.78, 5) is 0. The van der Waals surface area contributed by atoms with Crippen LogP contribution < -0.4 is 5.32 Å². The lowest BCUT2D eigenvalue weighted by Gasteiger charge is -2.32. The van der Waals surface area contributed by atoms with Gasteiger partial charge in [0.05, 0.1) is 6.10 Å². The Labute approximate surface area is 108 Å². The van der Waals surface area contributed by atoms with Crippen LogP contribution in [0.1, 0.15) is 51.1 Å². The third-order valence-corrected chi connectivity index (χ3v) is 4.21. The molecule has 96 valence electrons. The summed E-state index contributed by atoms with van der Waals surface area (Å²) in [5.74, 6) is 0. The van der Waals surface area contributed by atoms with Crippen LogP contribution in [0, 0.1) is 0 Å².